The van der Waals surface area contributed by atoms with E-state index in [-0.39, 0.29) is 18.2 Å². The van der Waals surface area contributed by atoms with Crippen molar-refractivity contribution in [1.82, 2.24) is 10.2 Å². The lowest BCUT2D eigenvalue weighted by Crippen LogP contribution is -2.43. The van der Waals surface area contributed by atoms with Crippen molar-refractivity contribution in [1.29, 1.82) is 0 Å². The Balaban J connectivity index is 0.00000180. The summed E-state index contributed by atoms with van der Waals surface area (Å²) >= 11 is 0. The molecule has 4 heteroatoms. The fraction of sp³-hybridized carbons (Fsp3) is 0.600. The molecule has 0 amide bonds. The fourth-order valence-corrected chi connectivity index (χ4v) is 2.70. The number of benzene rings is 1. The van der Waals surface area contributed by atoms with Crippen molar-refractivity contribution in [3.05, 3.63) is 35.6 Å². The molecule has 19 heavy (non-hydrogen) atoms. The molecule has 1 heterocycles. The van der Waals surface area contributed by atoms with Crippen LogP contribution in [0.25, 0.3) is 0 Å². The SMILES string of the molecule is CCCN(Cc1ccccc1F)C1CCNCC1.Cl. The molecule has 0 atom stereocenters. The molecule has 0 spiro atoms. The highest BCUT2D eigenvalue weighted by Gasteiger charge is 2.21. The molecular weight excluding hydrogens is 263 g/mol. The van der Waals surface area contributed by atoms with Gasteiger partial charge in [0.2, 0.25) is 0 Å². The summed E-state index contributed by atoms with van der Waals surface area (Å²) in [5, 5.41) is 3.39. The average Bonchev–Trinajstić information content (AvgIpc) is 2.42. The third kappa shape index (κ3) is 4.75. The van der Waals surface area contributed by atoms with Crippen LogP contribution in [0.5, 0.6) is 0 Å². The Kier molecular flexibility index (Phi) is 7.36. The molecule has 1 aromatic rings. The molecule has 1 saturated heterocycles. The Bertz CT molecular complexity index is 367. The molecule has 0 aliphatic carbocycles. The van der Waals surface area contributed by atoms with Gasteiger partial charge in [-0.3, -0.25) is 4.90 Å². The summed E-state index contributed by atoms with van der Waals surface area (Å²) in [6, 6.07) is 7.74. The van der Waals surface area contributed by atoms with Gasteiger partial charge in [0.1, 0.15) is 5.82 Å². The second-order valence-electron chi connectivity index (χ2n) is 5.04. The molecule has 0 saturated carbocycles. The van der Waals surface area contributed by atoms with E-state index in [0.29, 0.717) is 6.04 Å². The van der Waals surface area contributed by atoms with Crippen LogP contribution in [0, 0.1) is 5.82 Å². The standard InChI is InChI=1S/C15H23FN2.ClH/c1-2-11-18(14-7-9-17-10-8-14)12-13-5-3-4-6-15(13)16;/h3-6,14,17H,2,7-12H2,1H3;1H. The highest BCUT2D eigenvalue weighted by atomic mass is 35.5. The predicted octanol–water partition coefficient (Wildman–Crippen LogP) is 3.21. The first-order valence-electron chi connectivity index (χ1n) is 6.99. The summed E-state index contributed by atoms with van der Waals surface area (Å²) in [4.78, 5) is 2.44. The Morgan fingerprint density at radius 1 is 1.26 bits per heavy atom. The summed E-state index contributed by atoms with van der Waals surface area (Å²) in [6.45, 7) is 6.16. The maximum Gasteiger partial charge on any atom is 0.127 e. The van der Waals surface area contributed by atoms with Gasteiger partial charge in [0.25, 0.3) is 0 Å². The van der Waals surface area contributed by atoms with Crippen LogP contribution in [0.3, 0.4) is 0 Å². The van der Waals surface area contributed by atoms with E-state index in [9.17, 15) is 4.39 Å². The van der Waals surface area contributed by atoms with Crippen LogP contribution in [0.15, 0.2) is 24.3 Å². The van der Waals surface area contributed by atoms with Gasteiger partial charge in [-0.25, -0.2) is 4.39 Å². The first kappa shape index (κ1) is 16.4. The molecule has 1 aromatic carbocycles. The molecule has 1 fully saturated rings. The Labute approximate surface area is 121 Å². The van der Waals surface area contributed by atoms with E-state index >= 15 is 0 Å². The van der Waals surface area contributed by atoms with E-state index in [1.807, 2.05) is 12.1 Å². The van der Waals surface area contributed by atoms with Crippen molar-refractivity contribution in [2.75, 3.05) is 19.6 Å². The predicted molar refractivity (Wildman–Crippen MR) is 80.2 cm³/mol. The van der Waals surface area contributed by atoms with Gasteiger partial charge in [0.15, 0.2) is 0 Å². The zero-order valence-electron chi connectivity index (χ0n) is 11.6. The number of halogens is 2. The van der Waals surface area contributed by atoms with Crippen LogP contribution in [0.4, 0.5) is 4.39 Å². The van der Waals surface area contributed by atoms with Crippen LogP contribution < -0.4 is 5.32 Å². The minimum Gasteiger partial charge on any atom is -0.317 e. The van der Waals surface area contributed by atoms with E-state index in [2.05, 4.69) is 17.1 Å². The van der Waals surface area contributed by atoms with Crippen molar-refractivity contribution in [2.24, 2.45) is 0 Å². The maximum absolute atomic E-state index is 13.7. The number of hydrogen-bond acceptors (Lipinski definition) is 2. The largest absolute Gasteiger partial charge is 0.317 e. The van der Waals surface area contributed by atoms with E-state index < -0.39 is 0 Å². The molecule has 1 aliphatic heterocycles. The minimum atomic E-state index is -0.0764. The van der Waals surface area contributed by atoms with Gasteiger partial charge in [0.05, 0.1) is 0 Å². The van der Waals surface area contributed by atoms with Gasteiger partial charge >= 0.3 is 0 Å². The van der Waals surface area contributed by atoms with Crippen molar-refractivity contribution >= 4 is 12.4 Å². The Hall–Kier alpha value is -0.640. The number of piperidine rings is 1. The van der Waals surface area contributed by atoms with E-state index in [0.717, 1.165) is 38.2 Å². The molecular formula is C15H24ClFN2. The van der Waals surface area contributed by atoms with Crippen LogP contribution in [0.2, 0.25) is 0 Å². The van der Waals surface area contributed by atoms with Gasteiger partial charge in [-0.05, 0) is 45.0 Å². The molecule has 1 N–H and O–H groups in total. The number of rotatable bonds is 5. The molecule has 2 nitrogen and oxygen atoms in total. The number of nitrogens with one attached hydrogen (secondary N) is 1. The quantitative estimate of drug-likeness (QED) is 0.894. The topological polar surface area (TPSA) is 15.3 Å². The summed E-state index contributed by atoms with van der Waals surface area (Å²) < 4.78 is 13.7. The second-order valence-corrected chi connectivity index (χ2v) is 5.04. The number of hydrogen-bond donors (Lipinski definition) is 1. The van der Waals surface area contributed by atoms with Gasteiger partial charge in [-0.1, -0.05) is 25.1 Å². The van der Waals surface area contributed by atoms with Gasteiger partial charge in [0, 0.05) is 18.2 Å². The van der Waals surface area contributed by atoms with Crippen molar-refractivity contribution < 1.29 is 4.39 Å². The van der Waals surface area contributed by atoms with Crippen molar-refractivity contribution in [3.63, 3.8) is 0 Å². The molecule has 108 valence electrons. The van der Waals surface area contributed by atoms with Crippen LogP contribution in [0.1, 0.15) is 31.7 Å². The Morgan fingerprint density at radius 3 is 2.58 bits per heavy atom. The third-order valence-electron chi connectivity index (χ3n) is 3.67. The van der Waals surface area contributed by atoms with E-state index in [1.54, 1.807) is 12.1 Å². The fourth-order valence-electron chi connectivity index (χ4n) is 2.70. The van der Waals surface area contributed by atoms with Crippen molar-refractivity contribution in [3.8, 4) is 0 Å². The van der Waals surface area contributed by atoms with Crippen molar-refractivity contribution in [2.45, 2.75) is 38.8 Å². The highest BCUT2D eigenvalue weighted by Crippen LogP contribution is 2.17. The van der Waals surface area contributed by atoms with Gasteiger partial charge < -0.3 is 5.32 Å². The van der Waals surface area contributed by atoms with Gasteiger partial charge in [-0.2, -0.15) is 0 Å². The molecule has 0 aromatic heterocycles. The smallest absolute Gasteiger partial charge is 0.127 e. The lowest BCUT2D eigenvalue weighted by Gasteiger charge is -2.34. The lowest BCUT2D eigenvalue weighted by molar-refractivity contribution is 0.152. The number of nitrogens with zero attached hydrogens (tertiary/aromatic N) is 1. The zero-order chi connectivity index (χ0) is 12.8. The summed E-state index contributed by atoms with van der Waals surface area (Å²) in [5.41, 5.74) is 0.824. The molecule has 0 radical (unpaired) electrons. The molecule has 0 bridgehead atoms. The lowest BCUT2D eigenvalue weighted by atomic mass is 10.0. The summed E-state index contributed by atoms with van der Waals surface area (Å²) in [5.74, 6) is -0.0764. The normalized spacial score (nSPS) is 16.4. The van der Waals surface area contributed by atoms with E-state index in [1.165, 1.54) is 12.8 Å². The van der Waals surface area contributed by atoms with Gasteiger partial charge in [-0.15, -0.1) is 12.4 Å². The molecule has 0 unspecified atom stereocenters. The summed E-state index contributed by atoms with van der Waals surface area (Å²) in [6.07, 6.45) is 3.47. The van der Waals surface area contributed by atoms with Crippen LogP contribution >= 0.6 is 12.4 Å². The molecule has 1 aliphatic rings. The maximum atomic E-state index is 13.7. The first-order valence-corrected chi connectivity index (χ1v) is 6.99. The minimum absolute atomic E-state index is 0. The zero-order valence-corrected chi connectivity index (χ0v) is 12.4. The van der Waals surface area contributed by atoms with E-state index in [4.69, 9.17) is 0 Å². The van der Waals surface area contributed by atoms with Crippen LogP contribution in [-0.4, -0.2) is 30.6 Å². The highest BCUT2D eigenvalue weighted by molar-refractivity contribution is 5.85. The summed E-state index contributed by atoms with van der Waals surface area (Å²) in [7, 11) is 0. The second kappa shape index (κ2) is 8.51. The monoisotopic (exact) mass is 286 g/mol. The molecule has 2 rings (SSSR count). The van der Waals surface area contributed by atoms with Crippen LogP contribution in [-0.2, 0) is 6.54 Å². The Morgan fingerprint density at radius 2 is 1.95 bits per heavy atom. The third-order valence-corrected chi connectivity index (χ3v) is 3.67. The first-order chi connectivity index (χ1) is 8.81. The average molecular weight is 287 g/mol.